The van der Waals surface area contributed by atoms with Gasteiger partial charge in [0.1, 0.15) is 10.6 Å². The van der Waals surface area contributed by atoms with E-state index in [9.17, 15) is 23.5 Å². The van der Waals surface area contributed by atoms with E-state index in [4.69, 9.17) is 0 Å². The molecular formula is C21H16F2N4O3S. The van der Waals surface area contributed by atoms with Crippen LogP contribution in [0, 0.1) is 18.6 Å². The number of rotatable bonds is 5. The maximum absolute atomic E-state index is 13.5. The van der Waals surface area contributed by atoms with E-state index in [0.29, 0.717) is 16.0 Å². The fourth-order valence-electron chi connectivity index (χ4n) is 3.08. The highest BCUT2D eigenvalue weighted by Crippen LogP contribution is 2.28. The lowest BCUT2D eigenvalue weighted by Gasteiger charge is -2.08. The van der Waals surface area contributed by atoms with Gasteiger partial charge in [-0.05, 0) is 42.3 Å². The van der Waals surface area contributed by atoms with Crippen molar-refractivity contribution in [2.75, 3.05) is 0 Å². The maximum atomic E-state index is 13.5. The minimum Gasteiger partial charge on any atom is -0.507 e. The van der Waals surface area contributed by atoms with Crippen LogP contribution in [0.25, 0.3) is 4.83 Å². The van der Waals surface area contributed by atoms with E-state index in [2.05, 4.69) is 15.4 Å². The molecule has 0 aliphatic carbocycles. The summed E-state index contributed by atoms with van der Waals surface area (Å²) in [4.78, 5) is 29.7. The first-order valence-electron chi connectivity index (χ1n) is 9.20. The molecule has 31 heavy (non-hydrogen) atoms. The average molecular weight is 442 g/mol. The van der Waals surface area contributed by atoms with Crippen LogP contribution >= 0.6 is 11.3 Å². The lowest BCUT2D eigenvalue weighted by atomic mass is 10.0. The number of nitrogens with zero attached hydrogens (tertiary/aromatic N) is 3. The summed E-state index contributed by atoms with van der Waals surface area (Å²) in [6.45, 7) is 1.85. The molecule has 0 atom stereocenters. The number of hydrogen-bond acceptors (Lipinski definition) is 6. The van der Waals surface area contributed by atoms with Gasteiger partial charge in [-0.3, -0.25) is 14.6 Å². The molecule has 0 saturated heterocycles. The number of carbonyl (C=O) groups excluding carboxylic acids is 1. The zero-order chi connectivity index (χ0) is 22.1. The van der Waals surface area contributed by atoms with Gasteiger partial charge in [-0.2, -0.15) is 4.52 Å². The Labute approximate surface area is 178 Å². The Hall–Kier alpha value is -3.66. The molecule has 0 fully saturated rings. The van der Waals surface area contributed by atoms with E-state index >= 15 is 0 Å². The highest BCUT2D eigenvalue weighted by atomic mass is 32.1. The average Bonchev–Trinajstić information content (AvgIpc) is 3.23. The number of carbonyl (C=O) groups is 1. The highest BCUT2D eigenvalue weighted by Gasteiger charge is 2.21. The summed E-state index contributed by atoms with van der Waals surface area (Å²) in [7, 11) is 0. The van der Waals surface area contributed by atoms with E-state index in [0.717, 1.165) is 33.5 Å². The number of hydrogen-bond donors (Lipinski definition) is 2. The first-order valence-corrected chi connectivity index (χ1v) is 10.0. The Morgan fingerprint density at radius 2 is 1.90 bits per heavy atom. The summed E-state index contributed by atoms with van der Waals surface area (Å²) in [5, 5.41) is 17.4. The second kappa shape index (κ2) is 8.23. The van der Waals surface area contributed by atoms with Gasteiger partial charge in [0.05, 0.1) is 5.56 Å². The molecule has 4 aromatic rings. The predicted octanol–water partition coefficient (Wildman–Crippen LogP) is 2.96. The Morgan fingerprint density at radius 3 is 2.61 bits per heavy atom. The largest absolute Gasteiger partial charge is 0.507 e. The van der Waals surface area contributed by atoms with Crippen LogP contribution in [0.4, 0.5) is 8.78 Å². The number of fused-ring (bicyclic) bond motifs is 1. The van der Waals surface area contributed by atoms with E-state index in [1.165, 1.54) is 6.07 Å². The predicted molar refractivity (Wildman–Crippen MR) is 110 cm³/mol. The summed E-state index contributed by atoms with van der Waals surface area (Å²) in [5.74, 6) is -2.77. The number of aromatic nitrogens is 3. The quantitative estimate of drug-likeness (QED) is 0.495. The lowest BCUT2D eigenvalue weighted by molar-refractivity contribution is 0.0949. The third-order valence-electron chi connectivity index (χ3n) is 4.75. The van der Waals surface area contributed by atoms with Crippen LogP contribution in [0.3, 0.4) is 0 Å². The van der Waals surface area contributed by atoms with E-state index in [1.807, 2.05) is 0 Å². The number of amides is 1. The second-order valence-corrected chi connectivity index (χ2v) is 7.82. The fourth-order valence-corrected chi connectivity index (χ4v) is 4.02. The van der Waals surface area contributed by atoms with Gasteiger partial charge in [0.2, 0.25) is 5.01 Å². The molecule has 1 aromatic carbocycles. The Morgan fingerprint density at radius 1 is 1.16 bits per heavy atom. The smallest absolute Gasteiger partial charge is 0.282 e. The molecule has 0 saturated carbocycles. The third kappa shape index (κ3) is 4.02. The van der Waals surface area contributed by atoms with Crippen LogP contribution in [0.1, 0.15) is 32.1 Å². The SMILES string of the molecule is Cc1c(O)c(Cc2ccc(F)c(F)c2)c(=O)n2nc(C(=O)NCc3ccncc3)sc12. The van der Waals surface area contributed by atoms with Crippen LogP contribution in [0.5, 0.6) is 5.75 Å². The summed E-state index contributed by atoms with van der Waals surface area (Å²) >= 11 is 0.973. The molecule has 0 unspecified atom stereocenters. The van der Waals surface area contributed by atoms with Crippen molar-refractivity contribution in [1.29, 1.82) is 0 Å². The van der Waals surface area contributed by atoms with Crippen molar-refractivity contribution in [2.45, 2.75) is 19.9 Å². The summed E-state index contributed by atoms with van der Waals surface area (Å²) in [6.07, 6.45) is 3.10. The molecule has 2 N–H and O–H groups in total. The zero-order valence-electron chi connectivity index (χ0n) is 16.2. The Balaban J connectivity index is 1.66. The Bertz CT molecular complexity index is 1350. The van der Waals surface area contributed by atoms with Crippen LogP contribution in [0.2, 0.25) is 0 Å². The van der Waals surface area contributed by atoms with Gasteiger partial charge in [0.15, 0.2) is 11.6 Å². The molecular weight excluding hydrogens is 426 g/mol. The molecule has 0 aliphatic rings. The normalized spacial score (nSPS) is 11.1. The van der Waals surface area contributed by atoms with Gasteiger partial charge in [0, 0.05) is 30.9 Å². The topological polar surface area (TPSA) is 96.6 Å². The Kier molecular flexibility index (Phi) is 5.47. The molecule has 4 rings (SSSR count). The maximum Gasteiger partial charge on any atom is 0.282 e. The van der Waals surface area contributed by atoms with Gasteiger partial charge in [0.25, 0.3) is 11.5 Å². The van der Waals surface area contributed by atoms with Gasteiger partial charge in [-0.15, -0.1) is 5.10 Å². The number of aromatic hydroxyl groups is 1. The lowest BCUT2D eigenvalue weighted by Crippen LogP contribution is -2.24. The van der Waals surface area contributed by atoms with Crippen molar-refractivity contribution >= 4 is 22.1 Å². The van der Waals surface area contributed by atoms with E-state index in [1.54, 1.807) is 31.5 Å². The first kappa shape index (κ1) is 20.6. The number of benzene rings is 1. The van der Waals surface area contributed by atoms with Crippen molar-refractivity contribution in [1.82, 2.24) is 19.9 Å². The van der Waals surface area contributed by atoms with Crippen LogP contribution in [-0.4, -0.2) is 25.6 Å². The van der Waals surface area contributed by atoms with Crippen molar-refractivity contribution in [3.63, 3.8) is 0 Å². The second-order valence-electron chi connectivity index (χ2n) is 6.84. The van der Waals surface area contributed by atoms with Crippen molar-refractivity contribution in [2.24, 2.45) is 0 Å². The van der Waals surface area contributed by atoms with Gasteiger partial charge in [-0.1, -0.05) is 17.4 Å². The molecule has 0 aliphatic heterocycles. The molecule has 7 nitrogen and oxygen atoms in total. The van der Waals surface area contributed by atoms with Gasteiger partial charge >= 0.3 is 0 Å². The summed E-state index contributed by atoms with van der Waals surface area (Å²) in [6, 6.07) is 6.78. The first-order chi connectivity index (χ1) is 14.8. The van der Waals surface area contributed by atoms with Gasteiger partial charge in [-0.25, -0.2) is 8.78 Å². The molecule has 3 aromatic heterocycles. The molecule has 0 bridgehead atoms. The van der Waals surface area contributed by atoms with Crippen LogP contribution in [0.15, 0.2) is 47.5 Å². The molecule has 0 radical (unpaired) electrons. The minimum atomic E-state index is -1.04. The molecule has 1 amide bonds. The number of nitrogens with one attached hydrogen (secondary N) is 1. The summed E-state index contributed by atoms with van der Waals surface area (Å²) in [5.41, 5.74) is 0.880. The van der Waals surface area contributed by atoms with Crippen molar-refractivity contribution < 1.29 is 18.7 Å². The summed E-state index contributed by atoms with van der Waals surface area (Å²) < 4.78 is 27.8. The standard InChI is InChI=1S/C21H16F2N4O3S/c1-11-17(28)14(8-13-2-3-15(22)16(23)9-13)20(30)27-21(11)31-19(26-27)18(29)25-10-12-4-6-24-7-5-12/h2-7,9,28H,8,10H2,1H3,(H,25,29). The minimum absolute atomic E-state index is 0.0185. The van der Waals surface area contributed by atoms with Crippen LogP contribution < -0.4 is 10.9 Å². The van der Waals surface area contributed by atoms with Crippen molar-refractivity contribution in [3.05, 3.63) is 92.0 Å². The molecule has 0 spiro atoms. The highest BCUT2D eigenvalue weighted by molar-refractivity contribution is 7.19. The third-order valence-corrected chi connectivity index (χ3v) is 5.88. The number of halogens is 2. The molecule has 10 heteroatoms. The molecule has 3 heterocycles. The van der Waals surface area contributed by atoms with Crippen molar-refractivity contribution in [3.8, 4) is 5.75 Å². The van der Waals surface area contributed by atoms with E-state index in [-0.39, 0.29) is 29.3 Å². The fraction of sp³-hybridized carbons (Fsp3) is 0.143. The number of pyridine rings is 2. The monoisotopic (exact) mass is 442 g/mol. The van der Waals surface area contributed by atoms with E-state index < -0.39 is 23.1 Å². The van der Waals surface area contributed by atoms with Crippen LogP contribution in [-0.2, 0) is 13.0 Å². The molecule has 158 valence electrons. The zero-order valence-corrected chi connectivity index (χ0v) is 17.0. The van der Waals surface area contributed by atoms with Gasteiger partial charge < -0.3 is 10.4 Å². The number of aryl methyl sites for hydroxylation is 1.